The summed E-state index contributed by atoms with van der Waals surface area (Å²) < 4.78 is 0. The van der Waals surface area contributed by atoms with Crippen molar-refractivity contribution in [2.24, 2.45) is 5.41 Å². The Labute approximate surface area is 101 Å². The van der Waals surface area contributed by atoms with Gasteiger partial charge in [0, 0.05) is 5.41 Å². The maximum absolute atomic E-state index is 3.85. The summed E-state index contributed by atoms with van der Waals surface area (Å²) in [5.74, 6) is 0. The molecule has 0 aromatic heterocycles. The quantitative estimate of drug-likeness (QED) is 0.478. The van der Waals surface area contributed by atoms with Crippen molar-refractivity contribution in [3.63, 3.8) is 0 Å². The minimum absolute atomic E-state index is 0.221. The van der Waals surface area contributed by atoms with Crippen molar-refractivity contribution >= 4 is 8.07 Å². The molecule has 0 aliphatic heterocycles. The maximum atomic E-state index is 3.85. The summed E-state index contributed by atoms with van der Waals surface area (Å²) in [7, 11) is -1.10. The first-order chi connectivity index (χ1) is 7.41. The van der Waals surface area contributed by atoms with Gasteiger partial charge in [0.2, 0.25) is 0 Å². The molecule has 0 radical (unpaired) electrons. The molecule has 1 rings (SSSR count). The fourth-order valence-corrected chi connectivity index (χ4v) is 3.21. The Bertz CT molecular complexity index is 321. The second-order valence-electron chi connectivity index (χ2n) is 5.76. The normalized spacial score (nSPS) is 24.6. The van der Waals surface area contributed by atoms with Crippen LogP contribution in [0.4, 0.5) is 0 Å². The highest BCUT2D eigenvalue weighted by Gasteiger charge is 2.22. The predicted octanol–water partition coefficient (Wildman–Crippen LogP) is 4.89. The van der Waals surface area contributed by atoms with Gasteiger partial charge in [0.25, 0.3) is 0 Å². The molecule has 0 heterocycles. The van der Waals surface area contributed by atoms with Crippen LogP contribution in [0.3, 0.4) is 0 Å². The van der Waals surface area contributed by atoms with Gasteiger partial charge in [-0.15, -0.1) is 6.58 Å². The molecule has 1 aliphatic carbocycles. The molecule has 16 heavy (non-hydrogen) atoms. The van der Waals surface area contributed by atoms with Crippen LogP contribution in [0.25, 0.3) is 0 Å². The average molecular weight is 232 g/mol. The van der Waals surface area contributed by atoms with Gasteiger partial charge < -0.3 is 0 Å². The van der Waals surface area contributed by atoms with Crippen molar-refractivity contribution < 1.29 is 0 Å². The van der Waals surface area contributed by atoms with Gasteiger partial charge in [-0.3, -0.25) is 0 Å². The van der Waals surface area contributed by atoms with Crippen LogP contribution in [-0.4, -0.2) is 8.07 Å². The van der Waals surface area contributed by atoms with Crippen LogP contribution >= 0.6 is 0 Å². The molecule has 1 heteroatoms. The Kier molecular flexibility index (Phi) is 4.14. The molecule has 0 saturated carbocycles. The summed E-state index contributed by atoms with van der Waals surface area (Å²) in [6, 6.07) is 0. The third kappa shape index (κ3) is 3.64. The van der Waals surface area contributed by atoms with E-state index in [1.807, 2.05) is 6.08 Å². The molecule has 0 unspecified atom stereocenters. The van der Waals surface area contributed by atoms with Crippen molar-refractivity contribution in [2.45, 2.75) is 39.4 Å². The third-order valence-electron chi connectivity index (χ3n) is 3.00. The van der Waals surface area contributed by atoms with E-state index in [4.69, 9.17) is 0 Å². The fourth-order valence-electron chi connectivity index (χ4n) is 2.02. The largest absolute Gasteiger partial charge is 0.103 e. The SMILES string of the molecule is C=CCC1(CC)C=CC(=C[Si](C)(C)C)C=C1. The Morgan fingerprint density at radius 2 is 1.81 bits per heavy atom. The molecule has 0 nitrogen and oxygen atoms in total. The van der Waals surface area contributed by atoms with Gasteiger partial charge in [-0.25, -0.2) is 0 Å². The fraction of sp³-hybridized carbons (Fsp3) is 0.467. The van der Waals surface area contributed by atoms with Crippen molar-refractivity contribution in [3.05, 3.63) is 48.2 Å². The molecule has 0 amide bonds. The second kappa shape index (κ2) is 5.01. The lowest BCUT2D eigenvalue weighted by Gasteiger charge is -2.27. The Morgan fingerprint density at radius 1 is 1.25 bits per heavy atom. The lowest BCUT2D eigenvalue weighted by atomic mass is 9.78. The summed E-state index contributed by atoms with van der Waals surface area (Å²) in [5.41, 5.74) is 4.05. The topological polar surface area (TPSA) is 0 Å². The van der Waals surface area contributed by atoms with Gasteiger partial charge >= 0.3 is 0 Å². The van der Waals surface area contributed by atoms with Gasteiger partial charge in [0.1, 0.15) is 0 Å². The lowest BCUT2D eigenvalue weighted by molar-refractivity contribution is 0.478. The molecule has 1 aliphatic rings. The highest BCUT2D eigenvalue weighted by Crippen LogP contribution is 2.34. The van der Waals surface area contributed by atoms with Crippen molar-refractivity contribution in [1.82, 2.24) is 0 Å². The van der Waals surface area contributed by atoms with Gasteiger partial charge in [-0.05, 0) is 18.4 Å². The zero-order valence-electron chi connectivity index (χ0n) is 11.1. The van der Waals surface area contributed by atoms with E-state index in [0.717, 1.165) is 12.8 Å². The zero-order valence-corrected chi connectivity index (χ0v) is 12.1. The number of allylic oxidation sites excluding steroid dienone is 6. The third-order valence-corrected chi connectivity index (χ3v) is 4.20. The van der Waals surface area contributed by atoms with Crippen LogP contribution in [0, 0.1) is 5.41 Å². The smallest absolute Gasteiger partial charge is 0.0694 e. The maximum Gasteiger partial charge on any atom is 0.0694 e. The molecule has 88 valence electrons. The number of hydrogen-bond donors (Lipinski definition) is 0. The second-order valence-corrected chi connectivity index (χ2v) is 10.8. The van der Waals surface area contributed by atoms with Crippen LogP contribution < -0.4 is 0 Å². The summed E-state index contributed by atoms with van der Waals surface area (Å²) >= 11 is 0. The molecule has 0 aromatic rings. The number of rotatable bonds is 4. The molecule has 0 bridgehead atoms. The first-order valence-electron chi connectivity index (χ1n) is 6.13. The van der Waals surface area contributed by atoms with E-state index in [2.05, 4.69) is 63.1 Å². The van der Waals surface area contributed by atoms with E-state index in [0.29, 0.717) is 0 Å². The van der Waals surface area contributed by atoms with E-state index in [1.54, 1.807) is 0 Å². The van der Waals surface area contributed by atoms with E-state index in [-0.39, 0.29) is 5.41 Å². The van der Waals surface area contributed by atoms with Gasteiger partial charge in [-0.1, -0.05) is 62.6 Å². The van der Waals surface area contributed by atoms with Crippen molar-refractivity contribution in [2.75, 3.05) is 0 Å². The van der Waals surface area contributed by atoms with Crippen LogP contribution in [0.15, 0.2) is 48.2 Å². The highest BCUT2D eigenvalue weighted by atomic mass is 28.3. The Morgan fingerprint density at radius 3 is 2.19 bits per heavy atom. The minimum Gasteiger partial charge on any atom is -0.103 e. The summed E-state index contributed by atoms with van der Waals surface area (Å²) in [6.45, 7) is 13.2. The predicted molar refractivity (Wildman–Crippen MR) is 77.2 cm³/mol. The molecule has 0 N–H and O–H groups in total. The first-order valence-corrected chi connectivity index (χ1v) is 9.71. The Hall–Kier alpha value is -0.823. The standard InChI is InChI=1S/C15H24Si/c1-6-10-15(7-2)11-8-14(9-12-15)13-16(3,4)5/h6,8-9,11-13H,1,7,10H2,2-5H3. The lowest BCUT2D eigenvalue weighted by Crippen LogP contribution is -2.18. The van der Waals surface area contributed by atoms with Crippen LogP contribution in [0.2, 0.25) is 19.6 Å². The van der Waals surface area contributed by atoms with Crippen LogP contribution in [0.1, 0.15) is 19.8 Å². The van der Waals surface area contributed by atoms with E-state index >= 15 is 0 Å². The highest BCUT2D eigenvalue weighted by molar-refractivity contribution is 6.81. The van der Waals surface area contributed by atoms with E-state index in [1.165, 1.54) is 5.57 Å². The van der Waals surface area contributed by atoms with Gasteiger partial charge in [-0.2, -0.15) is 0 Å². The first kappa shape index (κ1) is 13.2. The van der Waals surface area contributed by atoms with Gasteiger partial charge in [0.05, 0.1) is 8.07 Å². The van der Waals surface area contributed by atoms with Crippen molar-refractivity contribution in [3.8, 4) is 0 Å². The molecule has 0 aromatic carbocycles. The monoisotopic (exact) mass is 232 g/mol. The van der Waals surface area contributed by atoms with Crippen LogP contribution in [-0.2, 0) is 0 Å². The Balaban J connectivity index is 2.86. The molecule has 0 spiro atoms. The summed E-state index contributed by atoms with van der Waals surface area (Å²) in [4.78, 5) is 0. The average Bonchev–Trinajstić information content (AvgIpc) is 2.20. The zero-order chi connectivity index (χ0) is 12.2. The van der Waals surface area contributed by atoms with Gasteiger partial charge in [0.15, 0.2) is 0 Å². The molecular formula is C15H24Si. The molecule has 0 fully saturated rings. The molecule has 0 atom stereocenters. The summed E-state index contributed by atoms with van der Waals surface area (Å²) in [5, 5.41) is 0. The molecular weight excluding hydrogens is 208 g/mol. The van der Waals surface area contributed by atoms with Crippen molar-refractivity contribution in [1.29, 1.82) is 0 Å². The number of hydrogen-bond acceptors (Lipinski definition) is 0. The van der Waals surface area contributed by atoms with E-state index in [9.17, 15) is 0 Å². The minimum atomic E-state index is -1.10. The van der Waals surface area contributed by atoms with Crippen LogP contribution in [0.5, 0.6) is 0 Å². The van der Waals surface area contributed by atoms with E-state index < -0.39 is 8.07 Å². The summed E-state index contributed by atoms with van der Waals surface area (Å²) in [6.07, 6.45) is 13.5. The molecule has 0 saturated heterocycles.